The minimum absolute atomic E-state index is 0.00956. The Hall–Kier alpha value is -3.25. The van der Waals surface area contributed by atoms with E-state index in [-0.39, 0.29) is 23.3 Å². The minimum Gasteiger partial charge on any atom is -0.481 e. The third-order valence-corrected chi connectivity index (χ3v) is 7.07. The zero-order valence-corrected chi connectivity index (χ0v) is 18.5. The van der Waals surface area contributed by atoms with Gasteiger partial charge in [0.05, 0.1) is 28.2 Å². The van der Waals surface area contributed by atoms with Crippen LogP contribution in [0.5, 0.6) is 0 Å². The van der Waals surface area contributed by atoms with Gasteiger partial charge in [-0.25, -0.2) is 14.8 Å². The van der Waals surface area contributed by atoms with Gasteiger partial charge in [-0.2, -0.15) is 0 Å². The standard InChI is InChI=1S/C20H20N6O4S2/c27-15(28)9-13-17(31-19-22-7-8-23-19)32-20(25-13)26-18(30)24-14-10-21-6-5-12(14)16(29)11-3-1-2-4-11/h5-8,10-11H,1-4,9H2,(H,22,23)(H,27,28)(H2,24,25,26,30). The largest absolute Gasteiger partial charge is 0.481 e. The summed E-state index contributed by atoms with van der Waals surface area (Å²) in [5, 5.41) is 15.3. The number of aromatic nitrogens is 4. The summed E-state index contributed by atoms with van der Waals surface area (Å²) in [5.74, 6) is -1.05. The molecule has 4 N–H and O–H groups in total. The van der Waals surface area contributed by atoms with Crippen LogP contribution in [-0.2, 0) is 11.2 Å². The van der Waals surface area contributed by atoms with Gasteiger partial charge in [-0.1, -0.05) is 24.2 Å². The predicted octanol–water partition coefficient (Wildman–Crippen LogP) is 4.06. The van der Waals surface area contributed by atoms with Crippen LogP contribution in [0.4, 0.5) is 15.6 Å². The fourth-order valence-corrected chi connectivity index (χ4v) is 5.49. The highest BCUT2D eigenvalue weighted by Crippen LogP contribution is 2.36. The minimum atomic E-state index is -1.03. The smallest absolute Gasteiger partial charge is 0.325 e. The monoisotopic (exact) mass is 472 g/mol. The van der Waals surface area contributed by atoms with Crippen molar-refractivity contribution in [1.29, 1.82) is 0 Å². The highest BCUT2D eigenvalue weighted by Gasteiger charge is 2.26. The highest BCUT2D eigenvalue weighted by atomic mass is 32.2. The van der Waals surface area contributed by atoms with Gasteiger partial charge >= 0.3 is 12.0 Å². The molecule has 1 aliphatic rings. The predicted molar refractivity (Wildman–Crippen MR) is 119 cm³/mol. The third-order valence-electron chi connectivity index (χ3n) is 4.92. The number of aliphatic carboxylic acids is 1. The quantitative estimate of drug-likeness (QED) is 0.359. The molecule has 0 spiro atoms. The summed E-state index contributed by atoms with van der Waals surface area (Å²) in [6.07, 6.45) is 9.71. The number of nitrogens with one attached hydrogen (secondary N) is 3. The number of thiazole rings is 1. The molecule has 0 aromatic carbocycles. The van der Waals surface area contributed by atoms with Crippen LogP contribution in [-0.4, -0.2) is 42.8 Å². The zero-order valence-electron chi connectivity index (χ0n) is 16.8. The molecule has 3 heterocycles. The topological polar surface area (TPSA) is 150 Å². The molecule has 166 valence electrons. The molecule has 0 radical (unpaired) electrons. The molecule has 0 bridgehead atoms. The van der Waals surface area contributed by atoms with Crippen molar-refractivity contribution in [3.8, 4) is 0 Å². The van der Waals surface area contributed by atoms with Gasteiger partial charge in [-0.05, 0) is 30.7 Å². The van der Waals surface area contributed by atoms with Gasteiger partial charge in [-0.15, -0.1) is 0 Å². The second-order valence-corrected chi connectivity index (χ2v) is 9.42. The average Bonchev–Trinajstić information content (AvgIpc) is 3.51. The molecule has 12 heteroatoms. The van der Waals surface area contributed by atoms with E-state index >= 15 is 0 Å². The molecular weight excluding hydrogens is 452 g/mol. The summed E-state index contributed by atoms with van der Waals surface area (Å²) in [7, 11) is 0. The van der Waals surface area contributed by atoms with Crippen LogP contribution in [0.2, 0.25) is 0 Å². The molecule has 0 saturated heterocycles. The second-order valence-electron chi connectivity index (χ2n) is 7.17. The number of pyridine rings is 1. The van der Waals surface area contributed by atoms with Crippen molar-refractivity contribution in [2.75, 3.05) is 10.6 Å². The number of H-pyrrole nitrogens is 1. The number of Topliss-reactive ketones (excluding diaryl/α,β-unsaturated/α-hetero) is 1. The number of hydrogen-bond acceptors (Lipinski definition) is 8. The maximum atomic E-state index is 12.8. The number of aromatic amines is 1. The Labute approximate surface area is 191 Å². The van der Waals surface area contributed by atoms with E-state index < -0.39 is 12.0 Å². The number of rotatable bonds is 8. The fraction of sp³-hybridized carbons (Fsp3) is 0.300. The summed E-state index contributed by atoms with van der Waals surface area (Å²) < 4.78 is 0.608. The van der Waals surface area contributed by atoms with E-state index in [0.717, 1.165) is 37.0 Å². The van der Waals surface area contributed by atoms with Crippen molar-refractivity contribution >= 4 is 51.7 Å². The van der Waals surface area contributed by atoms with Gasteiger partial charge in [-0.3, -0.25) is 19.9 Å². The van der Waals surface area contributed by atoms with Crippen LogP contribution in [0.3, 0.4) is 0 Å². The Morgan fingerprint density at radius 2 is 2.03 bits per heavy atom. The summed E-state index contributed by atoms with van der Waals surface area (Å²) in [4.78, 5) is 52.0. The SMILES string of the molecule is O=C(O)Cc1nc(NC(=O)Nc2cnccc2C(=O)C2CCCC2)sc1Sc1ncc[nH]1. The molecule has 3 aromatic heterocycles. The Morgan fingerprint density at radius 1 is 1.22 bits per heavy atom. The molecule has 2 amide bonds. The Balaban J connectivity index is 1.48. The normalized spacial score (nSPS) is 13.8. The lowest BCUT2D eigenvalue weighted by Crippen LogP contribution is -2.22. The van der Waals surface area contributed by atoms with Gasteiger partial charge in [0.15, 0.2) is 16.1 Å². The molecule has 0 aliphatic heterocycles. The summed E-state index contributed by atoms with van der Waals surface area (Å²) in [6.45, 7) is 0. The van der Waals surface area contributed by atoms with Crippen LogP contribution in [0.25, 0.3) is 0 Å². The first-order chi connectivity index (χ1) is 15.5. The number of carbonyl (C=O) groups is 3. The van der Waals surface area contributed by atoms with Crippen molar-refractivity contribution < 1.29 is 19.5 Å². The van der Waals surface area contributed by atoms with Crippen LogP contribution < -0.4 is 10.6 Å². The second kappa shape index (κ2) is 9.92. The van der Waals surface area contributed by atoms with Gasteiger partial charge < -0.3 is 15.4 Å². The summed E-state index contributed by atoms with van der Waals surface area (Å²) in [6, 6.07) is 1.02. The molecule has 0 unspecified atom stereocenters. The van der Waals surface area contributed by atoms with E-state index in [4.69, 9.17) is 5.11 Å². The van der Waals surface area contributed by atoms with Crippen LogP contribution in [0.15, 0.2) is 40.2 Å². The summed E-state index contributed by atoms with van der Waals surface area (Å²) >= 11 is 2.38. The zero-order chi connectivity index (χ0) is 22.5. The number of ketones is 1. The fourth-order valence-electron chi connectivity index (χ4n) is 3.49. The number of carboxylic acids is 1. The molecule has 3 aromatic rings. The first kappa shape index (κ1) is 22.0. The van der Waals surface area contributed by atoms with Crippen molar-refractivity contribution in [2.45, 2.75) is 41.5 Å². The lowest BCUT2D eigenvalue weighted by Gasteiger charge is -2.13. The number of carboxylic acid groups (broad SMARTS) is 1. The van der Waals surface area contributed by atoms with Crippen LogP contribution >= 0.6 is 23.1 Å². The van der Waals surface area contributed by atoms with E-state index in [0.29, 0.717) is 26.3 Å². The van der Waals surface area contributed by atoms with Gasteiger partial charge in [0, 0.05) is 30.1 Å². The van der Waals surface area contributed by atoms with Gasteiger partial charge in [0.2, 0.25) is 0 Å². The van der Waals surface area contributed by atoms with Crippen LogP contribution in [0.1, 0.15) is 41.7 Å². The molecule has 1 saturated carbocycles. The Kier molecular flexibility index (Phi) is 6.81. The number of carbonyl (C=O) groups excluding carboxylic acids is 2. The van der Waals surface area contributed by atoms with E-state index in [1.54, 1.807) is 18.5 Å². The third kappa shape index (κ3) is 5.32. The van der Waals surface area contributed by atoms with Gasteiger partial charge in [0.1, 0.15) is 0 Å². The van der Waals surface area contributed by atoms with Crippen molar-refractivity contribution in [3.63, 3.8) is 0 Å². The first-order valence-corrected chi connectivity index (χ1v) is 11.6. The lowest BCUT2D eigenvalue weighted by molar-refractivity contribution is -0.136. The number of anilines is 2. The Bertz CT molecular complexity index is 1130. The van der Waals surface area contributed by atoms with E-state index in [1.165, 1.54) is 24.2 Å². The molecule has 1 aliphatic carbocycles. The number of imidazole rings is 1. The molecule has 0 atom stereocenters. The van der Waals surface area contributed by atoms with Crippen molar-refractivity contribution in [3.05, 3.63) is 42.1 Å². The highest BCUT2D eigenvalue weighted by molar-refractivity contribution is 8.01. The maximum absolute atomic E-state index is 12.8. The van der Waals surface area contributed by atoms with Crippen molar-refractivity contribution in [2.24, 2.45) is 5.92 Å². The number of amides is 2. The summed E-state index contributed by atoms with van der Waals surface area (Å²) in [5.41, 5.74) is 1.09. The van der Waals surface area contributed by atoms with E-state index in [9.17, 15) is 14.4 Å². The molecule has 1 fully saturated rings. The lowest BCUT2D eigenvalue weighted by atomic mass is 9.96. The number of hydrogen-bond donors (Lipinski definition) is 4. The van der Waals surface area contributed by atoms with Crippen molar-refractivity contribution in [1.82, 2.24) is 19.9 Å². The number of urea groups is 1. The van der Waals surface area contributed by atoms with E-state index in [1.807, 2.05) is 0 Å². The molecule has 4 rings (SSSR count). The average molecular weight is 473 g/mol. The molecule has 32 heavy (non-hydrogen) atoms. The van der Waals surface area contributed by atoms with Crippen LogP contribution in [0, 0.1) is 5.92 Å². The first-order valence-electron chi connectivity index (χ1n) is 9.94. The number of nitrogens with zero attached hydrogens (tertiary/aromatic N) is 3. The van der Waals surface area contributed by atoms with Gasteiger partial charge in [0.25, 0.3) is 0 Å². The molecule has 10 nitrogen and oxygen atoms in total. The molecular formula is C20H20N6O4S2. The van der Waals surface area contributed by atoms with E-state index in [2.05, 4.69) is 30.6 Å². The maximum Gasteiger partial charge on any atom is 0.325 e. The Morgan fingerprint density at radius 3 is 2.75 bits per heavy atom.